The first-order valence-corrected chi connectivity index (χ1v) is 20.0. The lowest BCUT2D eigenvalue weighted by Crippen LogP contribution is -2.11. The molecule has 0 aliphatic heterocycles. The largest absolute Gasteiger partial charge is 0.256 e. The predicted octanol–water partition coefficient (Wildman–Crippen LogP) is 15.0. The van der Waals surface area contributed by atoms with Crippen molar-refractivity contribution in [3.8, 4) is 78.1 Å². The van der Waals surface area contributed by atoms with Gasteiger partial charge in [0.2, 0.25) is 0 Å². The number of hydrogen-bond acceptors (Lipinski definition) is 2. The summed E-state index contributed by atoms with van der Waals surface area (Å²) in [6.45, 7) is 18.1. The van der Waals surface area contributed by atoms with Crippen LogP contribution < -0.4 is 0 Å². The molecule has 0 fully saturated rings. The summed E-state index contributed by atoms with van der Waals surface area (Å²) in [6, 6.07) is 52.6. The van der Waals surface area contributed by atoms with Crippen LogP contribution in [0.25, 0.3) is 78.1 Å². The molecule has 0 bridgehead atoms. The fourth-order valence-corrected chi connectivity index (χ4v) is 8.36. The molecule has 2 heterocycles. The molecule has 0 atom stereocenters. The molecule has 0 saturated heterocycles. The molecule has 0 spiro atoms. The molecule has 8 rings (SSSR count). The SMILES string of the molecule is Cc1cc(-c2ccc(-c3ccccc3-c3c(C)c(C)c(-c4ccccc4-c4ccc(-c5cc(C(C)(C)C)ccn5)cc4)c(C)c3C)cc2)ncc1-c1ccccc1. The predicted molar refractivity (Wildman–Crippen MR) is 242 cm³/mol. The first-order chi connectivity index (χ1) is 27.5. The van der Waals surface area contributed by atoms with Crippen LogP contribution in [-0.4, -0.2) is 9.97 Å². The summed E-state index contributed by atoms with van der Waals surface area (Å²) in [5, 5.41) is 0. The van der Waals surface area contributed by atoms with E-state index in [0.717, 1.165) is 22.5 Å². The van der Waals surface area contributed by atoms with Crippen molar-refractivity contribution in [1.29, 1.82) is 0 Å². The van der Waals surface area contributed by atoms with E-state index in [4.69, 9.17) is 9.97 Å². The summed E-state index contributed by atoms with van der Waals surface area (Å²) in [5.41, 5.74) is 24.4. The van der Waals surface area contributed by atoms with Gasteiger partial charge in [-0.1, -0.05) is 148 Å². The van der Waals surface area contributed by atoms with Gasteiger partial charge in [-0.3, -0.25) is 9.97 Å². The lowest BCUT2D eigenvalue weighted by molar-refractivity contribution is 0.589. The molecule has 2 heteroatoms. The Morgan fingerprint density at radius 1 is 0.368 bits per heavy atom. The van der Waals surface area contributed by atoms with Crippen molar-refractivity contribution in [2.75, 3.05) is 0 Å². The van der Waals surface area contributed by atoms with Crippen molar-refractivity contribution in [2.24, 2.45) is 0 Å². The third kappa shape index (κ3) is 7.25. The van der Waals surface area contributed by atoms with E-state index in [0.29, 0.717) is 0 Å². The van der Waals surface area contributed by atoms with Crippen LogP contribution in [0, 0.1) is 34.6 Å². The molecule has 0 aliphatic carbocycles. The highest BCUT2D eigenvalue weighted by Crippen LogP contribution is 2.45. The Balaban J connectivity index is 1.13. The lowest BCUT2D eigenvalue weighted by atomic mass is 9.80. The van der Waals surface area contributed by atoms with E-state index in [2.05, 4.69) is 195 Å². The maximum atomic E-state index is 4.88. The minimum absolute atomic E-state index is 0.0696. The number of aromatic nitrogens is 2. The van der Waals surface area contributed by atoms with Gasteiger partial charge in [0.05, 0.1) is 11.4 Å². The number of pyridine rings is 2. The standard InChI is InChI=1S/C55H50N2/c1-35-32-51(57-34-50(35)40-16-10-9-11-17-40)43-26-22-41(23-27-43)46-18-12-14-20-48(46)53-36(2)38(4)54(39(5)37(53)3)49-21-15-13-19-47(49)42-24-28-44(29-25-42)52-33-45(30-31-56-52)55(6,7)8/h9-34H,1-8H3. The monoisotopic (exact) mass is 738 g/mol. The first-order valence-electron chi connectivity index (χ1n) is 20.0. The van der Waals surface area contributed by atoms with E-state index in [9.17, 15) is 0 Å². The Kier molecular flexibility index (Phi) is 10.1. The van der Waals surface area contributed by atoms with E-state index < -0.39 is 0 Å². The number of hydrogen-bond donors (Lipinski definition) is 0. The minimum Gasteiger partial charge on any atom is -0.256 e. The fourth-order valence-electron chi connectivity index (χ4n) is 8.36. The molecule has 2 nitrogen and oxygen atoms in total. The number of rotatable bonds is 7. The van der Waals surface area contributed by atoms with Gasteiger partial charge in [-0.25, -0.2) is 0 Å². The van der Waals surface area contributed by atoms with Gasteiger partial charge in [0.15, 0.2) is 0 Å². The zero-order chi connectivity index (χ0) is 39.8. The smallest absolute Gasteiger partial charge is 0.0705 e. The highest BCUT2D eigenvalue weighted by Gasteiger charge is 2.22. The highest BCUT2D eigenvalue weighted by atomic mass is 14.7. The van der Waals surface area contributed by atoms with Crippen molar-refractivity contribution >= 4 is 0 Å². The molecule has 6 aromatic carbocycles. The Labute approximate surface area is 339 Å². The van der Waals surface area contributed by atoms with E-state index in [1.807, 2.05) is 18.5 Å². The van der Waals surface area contributed by atoms with E-state index in [1.165, 1.54) is 89.0 Å². The molecule has 0 saturated carbocycles. The van der Waals surface area contributed by atoms with Gasteiger partial charge in [-0.2, -0.15) is 0 Å². The van der Waals surface area contributed by atoms with Crippen LogP contribution in [0.15, 0.2) is 158 Å². The van der Waals surface area contributed by atoms with Crippen molar-refractivity contribution < 1.29 is 0 Å². The quantitative estimate of drug-likeness (QED) is 0.163. The molecule has 0 amide bonds. The highest BCUT2D eigenvalue weighted by molar-refractivity contribution is 5.93. The minimum atomic E-state index is 0.0696. The second-order valence-electron chi connectivity index (χ2n) is 16.4. The molecule has 0 radical (unpaired) electrons. The molecule has 8 aromatic rings. The van der Waals surface area contributed by atoms with Crippen LogP contribution in [0.3, 0.4) is 0 Å². The van der Waals surface area contributed by atoms with Crippen molar-refractivity contribution in [2.45, 2.75) is 60.8 Å². The molecule has 280 valence electrons. The van der Waals surface area contributed by atoms with Crippen LogP contribution in [0.5, 0.6) is 0 Å². The molecule has 57 heavy (non-hydrogen) atoms. The maximum Gasteiger partial charge on any atom is 0.0705 e. The summed E-state index contributed by atoms with van der Waals surface area (Å²) in [4.78, 5) is 9.60. The van der Waals surface area contributed by atoms with Crippen LogP contribution >= 0.6 is 0 Å². The van der Waals surface area contributed by atoms with E-state index >= 15 is 0 Å². The zero-order valence-electron chi connectivity index (χ0n) is 34.4. The zero-order valence-corrected chi connectivity index (χ0v) is 34.4. The van der Waals surface area contributed by atoms with Gasteiger partial charge < -0.3 is 0 Å². The molecule has 0 N–H and O–H groups in total. The molecule has 0 aliphatic rings. The molecule has 2 aromatic heterocycles. The van der Waals surface area contributed by atoms with Gasteiger partial charge in [-0.05, 0) is 142 Å². The molecular formula is C55H50N2. The van der Waals surface area contributed by atoms with Crippen molar-refractivity contribution in [3.63, 3.8) is 0 Å². The summed E-state index contributed by atoms with van der Waals surface area (Å²) < 4.78 is 0. The number of aryl methyl sites for hydroxylation is 1. The van der Waals surface area contributed by atoms with Crippen LogP contribution in [0.1, 0.15) is 54.2 Å². The summed E-state index contributed by atoms with van der Waals surface area (Å²) in [7, 11) is 0. The van der Waals surface area contributed by atoms with Gasteiger partial charge >= 0.3 is 0 Å². The summed E-state index contributed by atoms with van der Waals surface area (Å²) in [5.74, 6) is 0. The Hall–Kier alpha value is -6.38. The second kappa shape index (κ2) is 15.3. The van der Waals surface area contributed by atoms with Gasteiger partial charge in [0, 0.05) is 29.1 Å². The average molecular weight is 739 g/mol. The Bertz CT molecular complexity index is 2700. The molecular weight excluding hydrogens is 689 g/mol. The van der Waals surface area contributed by atoms with Crippen LogP contribution in [0.2, 0.25) is 0 Å². The van der Waals surface area contributed by atoms with Gasteiger partial charge in [-0.15, -0.1) is 0 Å². The Morgan fingerprint density at radius 3 is 1.23 bits per heavy atom. The fraction of sp³-hybridized carbons (Fsp3) is 0.164. The first kappa shape index (κ1) is 37.5. The van der Waals surface area contributed by atoms with E-state index in [1.54, 1.807) is 0 Å². The van der Waals surface area contributed by atoms with Crippen LogP contribution in [0.4, 0.5) is 0 Å². The van der Waals surface area contributed by atoms with Crippen molar-refractivity contribution in [3.05, 3.63) is 191 Å². The molecule has 0 unspecified atom stereocenters. The third-order valence-corrected chi connectivity index (χ3v) is 11.8. The van der Waals surface area contributed by atoms with Crippen LogP contribution in [-0.2, 0) is 5.41 Å². The normalized spacial score (nSPS) is 11.5. The number of nitrogens with zero attached hydrogens (tertiary/aromatic N) is 2. The summed E-state index contributed by atoms with van der Waals surface area (Å²) in [6.07, 6.45) is 3.93. The number of benzene rings is 6. The van der Waals surface area contributed by atoms with Gasteiger partial charge in [0.25, 0.3) is 0 Å². The van der Waals surface area contributed by atoms with E-state index in [-0.39, 0.29) is 5.41 Å². The average Bonchev–Trinajstić information content (AvgIpc) is 3.24. The maximum absolute atomic E-state index is 4.88. The lowest BCUT2D eigenvalue weighted by Gasteiger charge is -2.24. The Morgan fingerprint density at radius 2 is 0.772 bits per heavy atom. The second-order valence-corrected chi connectivity index (χ2v) is 16.4. The van der Waals surface area contributed by atoms with Gasteiger partial charge in [0.1, 0.15) is 0 Å². The third-order valence-electron chi connectivity index (χ3n) is 11.8. The topological polar surface area (TPSA) is 25.8 Å². The summed E-state index contributed by atoms with van der Waals surface area (Å²) >= 11 is 0. The van der Waals surface area contributed by atoms with Crippen molar-refractivity contribution in [1.82, 2.24) is 9.97 Å².